The molecule has 3 nitrogen and oxygen atoms in total. The molecule has 0 saturated carbocycles. The van der Waals surface area contributed by atoms with Crippen LogP contribution < -0.4 is 0 Å². The monoisotopic (exact) mass is 216 g/mol. The maximum atomic E-state index is 10.8. The molecule has 1 heterocycles. The van der Waals surface area contributed by atoms with Crippen molar-refractivity contribution in [2.45, 2.75) is 11.8 Å². The Morgan fingerprint density at radius 1 is 1.73 bits per heavy atom. The summed E-state index contributed by atoms with van der Waals surface area (Å²) in [7, 11) is 0. The minimum atomic E-state index is -0.0427. The van der Waals surface area contributed by atoms with Gasteiger partial charge in [0.1, 0.15) is 0 Å². The van der Waals surface area contributed by atoms with Gasteiger partial charge in [0.25, 0.3) is 0 Å². The zero-order valence-electron chi connectivity index (χ0n) is 6.25. The third-order valence-electron chi connectivity index (χ3n) is 1.86. The van der Waals surface area contributed by atoms with Gasteiger partial charge in [-0.2, -0.15) is 5.26 Å². The molecule has 60 valence electrons. The normalized spacial score (nSPS) is 30.1. The second kappa shape index (κ2) is 3.22. The van der Waals surface area contributed by atoms with Crippen molar-refractivity contribution in [1.82, 2.24) is 4.90 Å². The number of carbonyl (C=O) groups excluding carboxylic acids is 1. The Kier molecular flexibility index (Phi) is 2.50. The maximum absolute atomic E-state index is 10.8. The summed E-state index contributed by atoms with van der Waals surface area (Å²) in [5.41, 5.74) is 0. The van der Waals surface area contributed by atoms with E-state index in [1.807, 2.05) is 0 Å². The van der Waals surface area contributed by atoms with Gasteiger partial charge in [-0.1, -0.05) is 15.9 Å². The molecule has 11 heavy (non-hydrogen) atoms. The van der Waals surface area contributed by atoms with E-state index in [9.17, 15) is 4.79 Å². The fraction of sp³-hybridized carbons (Fsp3) is 0.714. The van der Waals surface area contributed by atoms with Crippen LogP contribution in [-0.4, -0.2) is 28.7 Å². The number of alkyl halides is 1. The van der Waals surface area contributed by atoms with Crippen LogP contribution in [0.4, 0.5) is 0 Å². The molecular weight excluding hydrogens is 208 g/mol. The molecule has 1 aliphatic heterocycles. The zero-order valence-corrected chi connectivity index (χ0v) is 7.84. The summed E-state index contributed by atoms with van der Waals surface area (Å²) in [4.78, 5) is 12.7. The number of hydrogen-bond acceptors (Lipinski definition) is 2. The third kappa shape index (κ3) is 1.72. The number of hydrogen-bond donors (Lipinski definition) is 0. The molecule has 2 unspecified atom stereocenters. The molecule has 0 aromatic rings. The number of halogens is 1. The molecule has 0 aromatic carbocycles. The van der Waals surface area contributed by atoms with Crippen LogP contribution in [0.5, 0.6) is 0 Å². The molecule has 0 N–H and O–H groups in total. The number of carbonyl (C=O) groups is 1. The Morgan fingerprint density at radius 3 is 2.64 bits per heavy atom. The second-order valence-electron chi connectivity index (χ2n) is 2.68. The lowest BCUT2D eigenvalue weighted by Gasteiger charge is -2.10. The molecule has 1 saturated heterocycles. The lowest BCUT2D eigenvalue weighted by molar-refractivity contribution is -0.127. The SMILES string of the molecule is CC(=O)N1CC(Br)C(C#N)C1. The van der Waals surface area contributed by atoms with E-state index >= 15 is 0 Å². The highest BCUT2D eigenvalue weighted by Gasteiger charge is 2.31. The standard InChI is InChI=1S/C7H9BrN2O/c1-5(11)10-3-6(2-9)7(8)4-10/h6-7H,3-4H2,1H3. The summed E-state index contributed by atoms with van der Waals surface area (Å²) in [6.45, 7) is 2.76. The molecule has 1 amide bonds. The van der Waals surface area contributed by atoms with E-state index in [0.717, 1.165) is 0 Å². The highest BCUT2D eigenvalue weighted by Crippen LogP contribution is 2.22. The molecule has 1 fully saturated rings. The molecule has 0 aliphatic carbocycles. The molecule has 1 rings (SSSR count). The fourth-order valence-corrected chi connectivity index (χ4v) is 1.78. The minimum absolute atomic E-state index is 0.0427. The van der Waals surface area contributed by atoms with Gasteiger partial charge in [0.2, 0.25) is 5.91 Å². The Balaban J connectivity index is 2.58. The van der Waals surface area contributed by atoms with Crippen molar-refractivity contribution >= 4 is 21.8 Å². The van der Waals surface area contributed by atoms with Gasteiger partial charge in [0.05, 0.1) is 12.0 Å². The van der Waals surface area contributed by atoms with Crippen molar-refractivity contribution in [1.29, 1.82) is 5.26 Å². The fourth-order valence-electron chi connectivity index (χ4n) is 1.14. The van der Waals surface area contributed by atoms with Crippen LogP contribution >= 0.6 is 15.9 Å². The topological polar surface area (TPSA) is 44.1 Å². The summed E-state index contributed by atoms with van der Waals surface area (Å²) in [5, 5.41) is 8.62. The van der Waals surface area contributed by atoms with Crippen molar-refractivity contribution in [3.05, 3.63) is 0 Å². The van der Waals surface area contributed by atoms with E-state index in [2.05, 4.69) is 22.0 Å². The van der Waals surface area contributed by atoms with Crippen LogP contribution in [0.3, 0.4) is 0 Å². The lowest BCUT2D eigenvalue weighted by Crippen LogP contribution is -2.26. The molecule has 4 heteroatoms. The minimum Gasteiger partial charge on any atom is -0.340 e. The van der Waals surface area contributed by atoms with Crippen LogP contribution in [0.2, 0.25) is 0 Å². The molecule has 0 radical (unpaired) electrons. The van der Waals surface area contributed by atoms with Crippen molar-refractivity contribution in [2.75, 3.05) is 13.1 Å². The van der Waals surface area contributed by atoms with Crippen molar-refractivity contribution in [3.8, 4) is 6.07 Å². The average molecular weight is 217 g/mol. The Bertz CT molecular complexity index is 211. The predicted molar refractivity (Wildman–Crippen MR) is 44.1 cm³/mol. The Morgan fingerprint density at radius 2 is 2.36 bits per heavy atom. The van der Waals surface area contributed by atoms with E-state index in [-0.39, 0.29) is 16.7 Å². The van der Waals surface area contributed by atoms with Gasteiger partial charge >= 0.3 is 0 Å². The quantitative estimate of drug-likeness (QED) is 0.562. The van der Waals surface area contributed by atoms with Crippen LogP contribution in [0.15, 0.2) is 0 Å². The number of rotatable bonds is 0. The highest BCUT2D eigenvalue weighted by molar-refractivity contribution is 9.09. The maximum Gasteiger partial charge on any atom is 0.219 e. The van der Waals surface area contributed by atoms with Crippen LogP contribution in [0.1, 0.15) is 6.92 Å². The van der Waals surface area contributed by atoms with Gasteiger partial charge < -0.3 is 4.90 Å². The smallest absolute Gasteiger partial charge is 0.219 e. The molecule has 0 spiro atoms. The van der Waals surface area contributed by atoms with Crippen molar-refractivity contribution < 1.29 is 4.79 Å². The van der Waals surface area contributed by atoms with Crippen LogP contribution in [0.25, 0.3) is 0 Å². The second-order valence-corrected chi connectivity index (χ2v) is 3.85. The van der Waals surface area contributed by atoms with Crippen molar-refractivity contribution in [2.24, 2.45) is 5.92 Å². The molecule has 2 atom stereocenters. The first-order valence-electron chi connectivity index (χ1n) is 3.44. The summed E-state index contributed by atoms with van der Waals surface area (Å²) in [5.74, 6) is 0.00565. The lowest BCUT2D eigenvalue weighted by atomic mass is 10.1. The first kappa shape index (κ1) is 8.54. The first-order valence-corrected chi connectivity index (χ1v) is 4.36. The average Bonchev–Trinajstić information content (AvgIpc) is 2.31. The van der Waals surface area contributed by atoms with E-state index < -0.39 is 0 Å². The van der Waals surface area contributed by atoms with Crippen LogP contribution in [-0.2, 0) is 4.79 Å². The number of likely N-dealkylation sites (tertiary alicyclic amines) is 1. The Hall–Kier alpha value is -0.560. The largest absolute Gasteiger partial charge is 0.340 e. The number of amides is 1. The number of nitriles is 1. The van der Waals surface area contributed by atoms with Gasteiger partial charge in [0.15, 0.2) is 0 Å². The van der Waals surface area contributed by atoms with Gasteiger partial charge in [-0.05, 0) is 0 Å². The van der Waals surface area contributed by atoms with Gasteiger partial charge in [-0.15, -0.1) is 0 Å². The van der Waals surface area contributed by atoms with Crippen LogP contribution in [0, 0.1) is 17.2 Å². The van der Waals surface area contributed by atoms with E-state index in [4.69, 9.17) is 5.26 Å². The van der Waals surface area contributed by atoms with Gasteiger partial charge in [-0.3, -0.25) is 4.79 Å². The first-order chi connectivity index (χ1) is 5.15. The molecule has 0 bridgehead atoms. The summed E-state index contributed by atoms with van der Waals surface area (Å²) in [6.07, 6.45) is 0. The summed E-state index contributed by atoms with van der Waals surface area (Å²) in [6, 6.07) is 2.16. The summed E-state index contributed by atoms with van der Waals surface area (Å²) < 4.78 is 0. The van der Waals surface area contributed by atoms with Crippen molar-refractivity contribution in [3.63, 3.8) is 0 Å². The molecule has 0 aromatic heterocycles. The van der Waals surface area contributed by atoms with E-state index in [1.165, 1.54) is 6.92 Å². The predicted octanol–water partition coefficient (Wildman–Crippen LogP) is 0.752. The summed E-state index contributed by atoms with van der Waals surface area (Å²) >= 11 is 3.36. The Labute approximate surface area is 74.1 Å². The van der Waals surface area contributed by atoms with E-state index in [1.54, 1.807) is 4.90 Å². The van der Waals surface area contributed by atoms with Gasteiger partial charge in [-0.25, -0.2) is 0 Å². The highest BCUT2D eigenvalue weighted by atomic mass is 79.9. The zero-order chi connectivity index (χ0) is 8.43. The molecular formula is C7H9BrN2O. The van der Waals surface area contributed by atoms with Gasteiger partial charge in [0, 0.05) is 24.8 Å². The third-order valence-corrected chi connectivity index (χ3v) is 2.79. The van der Waals surface area contributed by atoms with E-state index in [0.29, 0.717) is 13.1 Å². The molecule has 1 aliphatic rings. The number of nitrogens with zero attached hydrogens (tertiary/aromatic N) is 2.